The second kappa shape index (κ2) is 11.3. The van der Waals surface area contributed by atoms with E-state index in [1.54, 1.807) is 20.2 Å². The summed E-state index contributed by atoms with van der Waals surface area (Å²) >= 11 is 0. The van der Waals surface area contributed by atoms with Crippen molar-refractivity contribution in [3.05, 3.63) is 54.6 Å². The predicted molar refractivity (Wildman–Crippen MR) is 146 cm³/mol. The molecule has 2 heterocycles. The maximum atomic E-state index is 14.8. The molecule has 2 aromatic carbocycles. The Morgan fingerprint density at radius 1 is 1.16 bits per heavy atom. The van der Waals surface area contributed by atoms with Gasteiger partial charge in [0, 0.05) is 49.4 Å². The number of carbonyl (C=O) groups excluding carboxylic acids is 1. The molecule has 4 aromatic rings. The van der Waals surface area contributed by atoms with Crippen molar-refractivity contribution in [3.8, 4) is 17.0 Å². The van der Waals surface area contributed by atoms with Crippen LogP contribution in [0.5, 0.6) is 5.75 Å². The van der Waals surface area contributed by atoms with E-state index in [2.05, 4.69) is 35.4 Å². The molecule has 0 bridgehead atoms. The molecule has 0 spiro atoms. The summed E-state index contributed by atoms with van der Waals surface area (Å²) in [6.07, 6.45) is 3.21. The molecule has 0 saturated heterocycles. The lowest BCUT2D eigenvalue weighted by Crippen LogP contribution is -2.29. The van der Waals surface area contributed by atoms with E-state index < -0.39 is 5.82 Å². The first-order valence-electron chi connectivity index (χ1n) is 12.0. The lowest BCUT2D eigenvalue weighted by Gasteiger charge is -2.25. The standard InChI is InChI=1S/C27H32FN7O2/c1-6-24(36)32-21-14-17(10-11-22(21)35(4)13-12-34(2)3)31-27-30-16-20(28)25(33-27)19-15-29-26-18(19)8-7-9-23(26)37-5/h7-11,14-16,29H,6,12-13H2,1-5H3,(H,32,36)(H,30,31,33). The van der Waals surface area contributed by atoms with Crippen LogP contribution in [0.1, 0.15) is 13.3 Å². The molecule has 4 rings (SSSR count). The molecule has 2 aromatic heterocycles. The average molecular weight is 506 g/mol. The zero-order valence-electron chi connectivity index (χ0n) is 21.7. The van der Waals surface area contributed by atoms with Gasteiger partial charge in [0.15, 0.2) is 5.82 Å². The average Bonchev–Trinajstić information content (AvgIpc) is 3.32. The van der Waals surface area contributed by atoms with Crippen molar-refractivity contribution in [2.24, 2.45) is 0 Å². The van der Waals surface area contributed by atoms with E-state index in [9.17, 15) is 9.18 Å². The number of amides is 1. The Morgan fingerprint density at radius 3 is 2.70 bits per heavy atom. The molecule has 0 radical (unpaired) electrons. The number of hydrogen-bond donors (Lipinski definition) is 3. The number of hydrogen-bond acceptors (Lipinski definition) is 7. The van der Waals surface area contributed by atoms with Gasteiger partial charge in [-0.05, 0) is 38.4 Å². The lowest BCUT2D eigenvalue weighted by molar-refractivity contribution is -0.115. The highest BCUT2D eigenvalue weighted by atomic mass is 19.1. The van der Waals surface area contributed by atoms with Gasteiger partial charge in [-0.1, -0.05) is 19.1 Å². The van der Waals surface area contributed by atoms with Crippen molar-refractivity contribution in [1.29, 1.82) is 0 Å². The first-order chi connectivity index (χ1) is 17.8. The van der Waals surface area contributed by atoms with Crippen LogP contribution in [-0.4, -0.2) is 67.1 Å². The Hall–Kier alpha value is -4.18. The van der Waals surface area contributed by atoms with Crippen molar-refractivity contribution in [2.45, 2.75) is 13.3 Å². The third kappa shape index (κ3) is 5.80. The normalized spacial score (nSPS) is 11.1. The Morgan fingerprint density at radius 2 is 1.97 bits per heavy atom. The van der Waals surface area contributed by atoms with Gasteiger partial charge < -0.3 is 30.2 Å². The number of aromatic amines is 1. The molecule has 194 valence electrons. The number of anilines is 4. The van der Waals surface area contributed by atoms with Gasteiger partial charge in [0.2, 0.25) is 11.9 Å². The number of fused-ring (bicyclic) bond motifs is 1. The van der Waals surface area contributed by atoms with Crippen LogP contribution in [0.15, 0.2) is 48.8 Å². The van der Waals surface area contributed by atoms with Crippen molar-refractivity contribution in [2.75, 3.05) is 56.9 Å². The molecule has 9 nitrogen and oxygen atoms in total. The van der Waals surface area contributed by atoms with Gasteiger partial charge in [0.25, 0.3) is 0 Å². The highest BCUT2D eigenvalue weighted by Crippen LogP contribution is 2.34. The van der Waals surface area contributed by atoms with Crippen LogP contribution in [-0.2, 0) is 4.79 Å². The van der Waals surface area contributed by atoms with Gasteiger partial charge >= 0.3 is 0 Å². The van der Waals surface area contributed by atoms with Gasteiger partial charge in [0.05, 0.1) is 30.2 Å². The number of nitrogens with one attached hydrogen (secondary N) is 3. The van der Waals surface area contributed by atoms with Crippen molar-refractivity contribution in [1.82, 2.24) is 19.9 Å². The molecule has 0 unspecified atom stereocenters. The zero-order chi connectivity index (χ0) is 26.5. The van der Waals surface area contributed by atoms with E-state index >= 15 is 0 Å². The van der Waals surface area contributed by atoms with Crippen molar-refractivity contribution >= 4 is 39.8 Å². The summed E-state index contributed by atoms with van der Waals surface area (Å²) in [7, 11) is 7.61. The summed E-state index contributed by atoms with van der Waals surface area (Å²) in [5.74, 6) is 0.265. The first kappa shape index (κ1) is 25.9. The van der Waals surface area contributed by atoms with E-state index in [4.69, 9.17) is 4.74 Å². The van der Waals surface area contributed by atoms with Crippen molar-refractivity contribution in [3.63, 3.8) is 0 Å². The van der Waals surface area contributed by atoms with Gasteiger partial charge in [-0.2, -0.15) is 0 Å². The number of halogens is 1. The third-order valence-electron chi connectivity index (χ3n) is 6.04. The van der Waals surface area contributed by atoms with Crippen LogP contribution in [0.4, 0.5) is 27.4 Å². The molecular formula is C27H32FN7O2. The number of ether oxygens (including phenoxy) is 1. The Kier molecular flexibility index (Phi) is 7.88. The molecule has 0 atom stereocenters. The maximum Gasteiger partial charge on any atom is 0.227 e. The molecule has 0 saturated carbocycles. The summed E-state index contributed by atoms with van der Waals surface area (Å²) in [4.78, 5) is 28.2. The molecule has 0 fully saturated rings. The molecule has 10 heteroatoms. The van der Waals surface area contributed by atoms with Crippen LogP contribution in [0, 0.1) is 5.82 Å². The number of benzene rings is 2. The summed E-state index contributed by atoms with van der Waals surface area (Å²) in [5.41, 5.74) is 3.75. The monoisotopic (exact) mass is 505 g/mol. The third-order valence-corrected chi connectivity index (χ3v) is 6.04. The smallest absolute Gasteiger partial charge is 0.227 e. The van der Waals surface area contributed by atoms with Crippen LogP contribution < -0.4 is 20.3 Å². The molecule has 0 aliphatic heterocycles. The molecule has 3 N–H and O–H groups in total. The van der Waals surface area contributed by atoms with Gasteiger partial charge in [-0.15, -0.1) is 0 Å². The Labute approximate surface area is 215 Å². The quantitative estimate of drug-likeness (QED) is 0.283. The minimum atomic E-state index is -0.539. The molecule has 0 aliphatic carbocycles. The number of para-hydroxylation sites is 1. The van der Waals surface area contributed by atoms with E-state index in [1.807, 2.05) is 57.5 Å². The van der Waals surface area contributed by atoms with Crippen LogP contribution in [0.3, 0.4) is 0 Å². The highest BCUT2D eigenvalue weighted by Gasteiger charge is 2.17. The minimum absolute atomic E-state index is 0.0884. The zero-order valence-corrected chi connectivity index (χ0v) is 21.7. The fourth-order valence-electron chi connectivity index (χ4n) is 3.99. The number of H-pyrrole nitrogens is 1. The van der Waals surface area contributed by atoms with E-state index in [-0.39, 0.29) is 17.5 Å². The minimum Gasteiger partial charge on any atom is -0.495 e. The second-order valence-electron chi connectivity index (χ2n) is 8.96. The fraction of sp³-hybridized carbons (Fsp3) is 0.296. The number of aromatic nitrogens is 3. The van der Waals surface area contributed by atoms with E-state index in [0.717, 1.165) is 35.9 Å². The van der Waals surface area contributed by atoms with Crippen LogP contribution in [0.25, 0.3) is 22.2 Å². The van der Waals surface area contributed by atoms with Crippen LogP contribution >= 0.6 is 0 Å². The molecular weight excluding hydrogens is 473 g/mol. The SMILES string of the molecule is CCC(=O)Nc1cc(Nc2ncc(F)c(-c3c[nH]c4c(OC)cccc34)n2)ccc1N(C)CCN(C)C. The number of methoxy groups -OCH3 is 1. The molecule has 1 amide bonds. The predicted octanol–water partition coefficient (Wildman–Crippen LogP) is 4.86. The number of carbonyl (C=O) groups is 1. The first-order valence-corrected chi connectivity index (χ1v) is 12.0. The van der Waals surface area contributed by atoms with E-state index in [0.29, 0.717) is 29.1 Å². The highest BCUT2D eigenvalue weighted by molar-refractivity contribution is 5.98. The number of rotatable bonds is 10. The van der Waals surface area contributed by atoms with Gasteiger partial charge in [-0.3, -0.25) is 4.79 Å². The van der Waals surface area contributed by atoms with E-state index in [1.165, 1.54) is 0 Å². The number of likely N-dealkylation sites (N-methyl/N-ethyl adjacent to an activating group) is 2. The second-order valence-corrected chi connectivity index (χ2v) is 8.96. The summed E-state index contributed by atoms with van der Waals surface area (Å²) in [6, 6.07) is 11.2. The summed E-state index contributed by atoms with van der Waals surface area (Å²) in [6.45, 7) is 3.46. The molecule has 37 heavy (non-hydrogen) atoms. The lowest BCUT2D eigenvalue weighted by atomic mass is 10.1. The largest absolute Gasteiger partial charge is 0.495 e. The Balaban J connectivity index is 1.65. The summed E-state index contributed by atoms with van der Waals surface area (Å²) in [5, 5.41) is 6.92. The van der Waals surface area contributed by atoms with Crippen LogP contribution in [0.2, 0.25) is 0 Å². The Bertz CT molecular complexity index is 1400. The number of nitrogens with zero attached hydrogens (tertiary/aromatic N) is 4. The van der Waals surface area contributed by atoms with Gasteiger partial charge in [-0.25, -0.2) is 14.4 Å². The topological polar surface area (TPSA) is 98.4 Å². The maximum absolute atomic E-state index is 14.8. The fourth-order valence-corrected chi connectivity index (χ4v) is 3.99. The summed E-state index contributed by atoms with van der Waals surface area (Å²) < 4.78 is 20.2. The molecule has 0 aliphatic rings. The van der Waals surface area contributed by atoms with Crippen molar-refractivity contribution < 1.29 is 13.9 Å². The van der Waals surface area contributed by atoms with Gasteiger partial charge in [0.1, 0.15) is 11.4 Å².